The van der Waals surface area contributed by atoms with Gasteiger partial charge >= 0.3 is 5.97 Å². The number of nitrogens with one attached hydrogen (secondary N) is 1. The number of cyclic esters (lactones) is 1. The van der Waals surface area contributed by atoms with Crippen molar-refractivity contribution in [3.8, 4) is 5.75 Å². The molecule has 2 aliphatic heterocycles. The highest BCUT2D eigenvalue weighted by Gasteiger charge is 2.51. The number of esters is 1. The highest BCUT2D eigenvalue weighted by molar-refractivity contribution is 6.32. The van der Waals surface area contributed by atoms with Crippen LogP contribution in [0.5, 0.6) is 5.75 Å². The van der Waals surface area contributed by atoms with Gasteiger partial charge in [0.15, 0.2) is 11.6 Å². The van der Waals surface area contributed by atoms with Crippen molar-refractivity contribution < 1.29 is 38.9 Å². The van der Waals surface area contributed by atoms with Gasteiger partial charge in [-0.15, -0.1) is 0 Å². The molecule has 0 unspecified atom stereocenters. The van der Waals surface area contributed by atoms with E-state index in [1.165, 1.54) is 26.0 Å². The number of benzene rings is 1. The fraction of sp³-hybridized carbons (Fsp3) is 0.452. The average Bonchev–Trinajstić information content (AvgIpc) is 3.03. The number of phenols is 1. The summed E-state index contributed by atoms with van der Waals surface area (Å²) in [6.45, 7) is 8.44. The van der Waals surface area contributed by atoms with Gasteiger partial charge < -0.3 is 20.3 Å². The summed E-state index contributed by atoms with van der Waals surface area (Å²) in [5.41, 5.74) is -2.05. The van der Waals surface area contributed by atoms with Crippen LogP contribution < -0.4 is 5.32 Å². The summed E-state index contributed by atoms with van der Waals surface area (Å²) in [7, 11) is 0. The number of ether oxygens (including phenoxy) is 1. The number of hydrogen-bond donors (Lipinski definition) is 3. The van der Waals surface area contributed by atoms with Crippen molar-refractivity contribution in [3.63, 3.8) is 0 Å². The number of carbonyl (C=O) groups is 5. The Kier molecular flexibility index (Phi) is 7.99. The second-order valence-electron chi connectivity index (χ2n) is 11.2. The van der Waals surface area contributed by atoms with Crippen LogP contribution in [0.3, 0.4) is 0 Å². The molecule has 9 heteroatoms. The van der Waals surface area contributed by atoms with Crippen molar-refractivity contribution in [1.29, 1.82) is 0 Å². The first-order valence-corrected chi connectivity index (χ1v) is 13.6. The standard InChI is InChI=1S/C31H35NO8/c1-6-17-7-9-19(33)21(13-15(2)3)40-30(39)31(5)12-11-22(35)32-26-25(31)29(38)23-18(28(26)37)14-16(4)27(36)24(23)20(34)10-8-17/h7,9,13-14,17,19,21,33,36H,6,8,10-12H2,1-5H3,(H,32,35)/b9-7+/t17-,19-,21-,31+/m0/s1. The Balaban J connectivity index is 2.02. The number of aryl methyl sites for hydroxylation is 1. The van der Waals surface area contributed by atoms with E-state index >= 15 is 0 Å². The van der Waals surface area contributed by atoms with E-state index in [1.807, 2.05) is 6.92 Å². The molecule has 0 spiro atoms. The number of phenolic OH excluding ortho intramolecular Hbond substituents is 1. The molecule has 1 aromatic carbocycles. The molecule has 212 valence electrons. The molecule has 40 heavy (non-hydrogen) atoms. The van der Waals surface area contributed by atoms with E-state index in [1.54, 1.807) is 26.0 Å². The lowest BCUT2D eigenvalue weighted by Crippen LogP contribution is -2.43. The Bertz CT molecular complexity index is 1410. The third kappa shape index (κ3) is 5.06. The maximum atomic E-state index is 14.3. The normalized spacial score (nSPS) is 28.1. The van der Waals surface area contributed by atoms with Crippen LogP contribution in [0.15, 0.2) is 41.1 Å². The zero-order valence-electron chi connectivity index (χ0n) is 23.4. The summed E-state index contributed by atoms with van der Waals surface area (Å²) in [4.78, 5) is 68.2. The number of ketones is 3. The van der Waals surface area contributed by atoms with Crippen LogP contribution in [0.25, 0.3) is 0 Å². The van der Waals surface area contributed by atoms with Crippen molar-refractivity contribution in [1.82, 2.24) is 5.32 Å². The zero-order chi connectivity index (χ0) is 29.5. The van der Waals surface area contributed by atoms with Crippen LogP contribution in [0.4, 0.5) is 0 Å². The van der Waals surface area contributed by atoms with E-state index < -0.39 is 52.6 Å². The lowest BCUT2D eigenvalue weighted by molar-refractivity contribution is -0.159. The molecule has 1 aliphatic carbocycles. The van der Waals surface area contributed by atoms with Crippen molar-refractivity contribution in [2.75, 3.05) is 0 Å². The van der Waals surface area contributed by atoms with Crippen LogP contribution >= 0.6 is 0 Å². The highest BCUT2D eigenvalue weighted by Crippen LogP contribution is 2.45. The van der Waals surface area contributed by atoms with Gasteiger partial charge in [-0.05, 0) is 70.6 Å². The number of rotatable bonds is 2. The Morgan fingerprint density at radius 3 is 2.45 bits per heavy atom. The number of carbonyl (C=O) groups excluding carboxylic acids is 5. The van der Waals surface area contributed by atoms with Gasteiger partial charge in [-0.1, -0.05) is 24.6 Å². The molecule has 0 aromatic heterocycles. The monoisotopic (exact) mass is 549 g/mol. The number of amides is 1. The molecular weight excluding hydrogens is 514 g/mol. The first-order chi connectivity index (χ1) is 18.8. The molecule has 1 amide bonds. The molecule has 2 heterocycles. The molecule has 0 saturated heterocycles. The number of hydrogen-bond acceptors (Lipinski definition) is 8. The maximum Gasteiger partial charge on any atom is 0.317 e. The van der Waals surface area contributed by atoms with Gasteiger partial charge in [0.1, 0.15) is 18.0 Å². The summed E-state index contributed by atoms with van der Waals surface area (Å²) in [6.07, 6.45) is 3.20. The quantitative estimate of drug-likeness (QED) is 0.370. The predicted octanol–water partition coefficient (Wildman–Crippen LogP) is 4.05. The van der Waals surface area contributed by atoms with Gasteiger partial charge in [-0.3, -0.25) is 24.0 Å². The first kappa shape index (κ1) is 29.1. The SMILES string of the molecule is CC[C@H]1/C=C/[C@H](O)[C@H](C=C(C)C)OC(=O)[C@]2(C)CCC(=O)NC3=C2C(=O)c2c(cc(C)c(O)c2C(=O)CC1)C3=O. The molecule has 1 aromatic rings. The second kappa shape index (κ2) is 11.0. The fourth-order valence-electron chi connectivity index (χ4n) is 5.56. The van der Waals surface area contributed by atoms with E-state index in [0.29, 0.717) is 12.8 Å². The Morgan fingerprint density at radius 2 is 1.80 bits per heavy atom. The predicted molar refractivity (Wildman–Crippen MR) is 146 cm³/mol. The van der Waals surface area contributed by atoms with Gasteiger partial charge in [0.05, 0.1) is 16.7 Å². The van der Waals surface area contributed by atoms with Gasteiger partial charge in [-0.25, -0.2) is 0 Å². The molecule has 0 saturated carbocycles. The van der Waals surface area contributed by atoms with E-state index in [9.17, 15) is 34.2 Å². The molecule has 0 radical (unpaired) electrons. The van der Waals surface area contributed by atoms with Crippen LogP contribution in [0.2, 0.25) is 0 Å². The summed E-state index contributed by atoms with van der Waals surface area (Å²) < 4.78 is 5.82. The molecule has 4 rings (SSSR count). The second-order valence-corrected chi connectivity index (χ2v) is 11.2. The Morgan fingerprint density at radius 1 is 1.10 bits per heavy atom. The molecule has 3 N–H and O–H groups in total. The number of aliphatic hydroxyl groups is 1. The third-order valence-corrected chi connectivity index (χ3v) is 7.99. The van der Waals surface area contributed by atoms with Crippen molar-refractivity contribution in [3.05, 3.63) is 63.4 Å². The zero-order valence-corrected chi connectivity index (χ0v) is 23.4. The molecule has 3 aliphatic rings. The van der Waals surface area contributed by atoms with Crippen molar-refractivity contribution in [2.24, 2.45) is 11.3 Å². The van der Waals surface area contributed by atoms with E-state index in [0.717, 1.165) is 5.57 Å². The molecular formula is C31H35NO8. The third-order valence-electron chi connectivity index (χ3n) is 7.99. The largest absolute Gasteiger partial charge is 0.507 e. The van der Waals surface area contributed by atoms with Crippen LogP contribution in [0, 0.1) is 18.3 Å². The van der Waals surface area contributed by atoms with Gasteiger partial charge in [-0.2, -0.15) is 0 Å². The van der Waals surface area contributed by atoms with E-state index in [2.05, 4.69) is 5.32 Å². The fourth-order valence-corrected chi connectivity index (χ4v) is 5.56. The van der Waals surface area contributed by atoms with Crippen molar-refractivity contribution in [2.45, 2.75) is 78.9 Å². The van der Waals surface area contributed by atoms with E-state index in [4.69, 9.17) is 4.74 Å². The molecule has 9 nitrogen and oxygen atoms in total. The number of Topliss-reactive ketones (excluding diaryl/α,β-unsaturated/α-hetero) is 3. The van der Waals surface area contributed by atoms with E-state index in [-0.39, 0.29) is 58.7 Å². The summed E-state index contributed by atoms with van der Waals surface area (Å²) in [5, 5.41) is 24.5. The maximum absolute atomic E-state index is 14.3. The smallest absolute Gasteiger partial charge is 0.317 e. The molecule has 2 bridgehead atoms. The topological polar surface area (TPSA) is 147 Å². The Labute approximate surface area is 233 Å². The van der Waals surface area contributed by atoms with Crippen LogP contribution in [-0.2, 0) is 14.3 Å². The summed E-state index contributed by atoms with van der Waals surface area (Å²) in [6, 6.07) is 1.32. The summed E-state index contributed by atoms with van der Waals surface area (Å²) >= 11 is 0. The summed E-state index contributed by atoms with van der Waals surface area (Å²) in [5.74, 6) is -4.03. The number of allylic oxidation sites excluding steroid dienone is 3. The minimum atomic E-state index is -1.77. The van der Waals surface area contributed by atoms with Crippen LogP contribution in [0.1, 0.15) is 96.4 Å². The van der Waals surface area contributed by atoms with Gasteiger partial charge in [0.2, 0.25) is 11.7 Å². The highest BCUT2D eigenvalue weighted by atomic mass is 16.6. The number of aliphatic hydroxyl groups excluding tert-OH is 1. The van der Waals surface area contributed by atoms with Gasteiger partial charge in [0.25, 0.3) is 0 Å². The minimum absolute atomic E-state index is 0.0311. The lowest BCUT2D eigenvalue weighted by atomic mass is 9.69. The van der Waals surface area contributed by atoms with Crippen LogP contribution in [-0.4, -0.2) is 51.6 Å². The number of aromatic hydroxyl groups is 1. The van der Waals surface area contributed by atoms with Gasteiger partial charge in [0, 0.05) is 29.5 Å². The Hall–Kier alpha value is -3.85. The molecule has 0 fully saturated rings. The first-order valence-electron chi connectivity index (χ1n) is 13.6. The van der Waals surface area contributed by atoms with Crippen molar-refractivity contribution >= 4 is 29.2 Å². The molecule has 4 atom stereocenters. The average molecular weight is 550 g/mol. The minimum Gasteiger partial charge on any atom is -0.507 e. The lowest BCUT2D eigenvalue weighted by Gasteiger charge is -2.33.